The molecule has 1 aromatic heterocycles. The Kier molecular flexibility index (Phi) is 22.3. The summed E-state index contributed by atoms with van der Waals surface area (Å²) in [5.74, 6) is 3.25. The Morgan fingerprint density at radius 3 is 1.75 bits per heavy atom. The molecule has 168 valence electrons. The van der Waals surface area contributed by atoms with Crippen LogP contribution in [-0.2, 0) is 0 Å². The van der Waals surface area contributed by atoms with E-state index in [1.807, 2.05) is 13.8 Å². The molecule has 0 aliphatic rings. The van der Waals surface area contributed by atoms with Gasteiger partial charge in [0.2, 0.25) is 5.88 Å². The van der Waals surface area contributed by atoms with E-state index in [9.17, 15) is 9.50 Å². The lowest BCUT2D eigenvalue weighted by Gasteiger charge is -2.11. The zero-order valence-electron chi connectivity index (χ0n) is 20.2. The summed E-state index contributed by atoms with van der Waals surface area (Å²) in [6, 6.07) is 1.22. The summed E-state index contributed by atoms with van der Waals surface area (Å²) in [4.78, 5) is 3.70. The molecular formula is C23H47FNO2P. The number of rotatable bonds is 6. The lowest BCUT2D eigenvalue weighted by Crippen LogP contribution is -2.03. The number of methoxy groups -OCH3 is 1. The van der Waals surface area contributed by atoms with Crippen molar-refractivity contribution in [3.05, 3.63) is 23.6 Å². The molecule has 28 heavy (non-hydrogen) atoms. The molecule has 0 aliphatic carbocycles. The van der Waals surface area contributed by atoms with Gasteiger partial charge in [0.25, 0.3) is 0 Å². The highest BCUT2D eigenvalue weighted by Gasteiger charge is 2.13. The molecule has 0 bridgehead atoms. The summed E-state index contributed by atoms with van der Waals surface area (Å²) in [5.41, 5.74) is 0.373. The van der Waals surface area contributed by atoms with Gasteiger partial charge in [-0.15, -0.1) is 9.24 Å². The van der Waals surface area contributed by atoms with Crippen molar-refractivity contribution in [1.82, 2.24) is 4.98 Å². The lowest BCUT2D eigenvalue weighted by atomic mass is 9.96. The van der Waals surface area contributed by atoms with Crippen LogP contribution in [0.2, 0.25) is 0 Å². The minimum atomic E-state index is -0.761. The standard InChI is InChI=1S/C8H11FNO2P.C7H16.C6H14.C2H6/c1-12-8-6(7(11)4-13)2-5(9)3-10-8;1-5-7(4)6(2)3;1-5(2)6(3)4;1-2/h2-3,7,11H,4,13H2,1H3;6-7H,5H2,1-4H3;5-6H,1-4H3;1-2H3. The molecule has 3 nitrogen and oxygen atoms in total. The quantitative estimate of drug-likeness (QED) is 0.498. The second-order valence-electron chi connectivity index (χ2n) is 7.62. The Hall–Kier alpha value is -0.730. The van der Waals surface area contributed by atoms with Gasteiger partial charge in [-0.1, -0.05) is 75.7 Å². The molecule has 0 aromatic carbocycles. The molecule has 3 atom stereocenters. The third kappa shape index (κ3) is 16.2. The Balaban J connectivity index is -0.000000355. The molecule has 0 saturated carbocycles. The van der Waals surface area contributed by atoms with Gasteiger partial charge in [-0.3, -0.25) is 0 Å². The van der Waals surface area contributed by atoms with E-state index in [-0.39, 0.29) is 5.88 Å². The van der Waals surface area contributed by atoms with Crippen molar-refractivity contribution in [2.24, 2.45) is 23.7 Å². The minimum absolute atomic E-state index is 0.261. The number of hydrogen-bond acceptors (Lipinski definition) is 3. The molecule has 1 aromatic rings. The van der Waals surface area contributed by atoms with Gasteiger partial charge < -0.3 is 9.84 Å². The number of aromatic nitrogens is 1. The van der Waals surface area contributed by atoms with Crippen LogP contribution in [0.1, 0.15) is 87.3 Å². The summed E-state index contributed by atoms with van der Waals surface area (Å²) in [5, 5.41) is 9.46. The van der Waals surface area contributed by atoms with Crippen LogP contribution in [0.25, 0.3) is 0 Å². The molecule has 0 fully saturated rings. The van der Waals surface area contributed by atoms with Gasteiger partial charge in [-0.25, -0.2) is 9.37 Å². The number of nitrogens with zero attached hydrogens (tertiary/aromatic N) is 1. The fourth-order valence-corrected chi connectivity index (χ4v) is 1.70. The number of aliphatic hydroxyl groups excluding tert-OH is 1. The summed E-state index contributed by atoms with van der Waals surface area (Å²) in [7, 11) is 3.80. The first-order valence-corrected chi connectivity index (χ1v) is 11.4. The Morgan fingerprint density at radius 1 is 1.04 bits per heavy atom. The second-order valence-corrected chi connectivity index (χ2v) is 8.09. The molecule has 1 N–H and O–H groups in total. The monoisotopic (exact) mass is 419 g/mol. The van der Waals surface area contributed by atoms with Gasteiger partial charge in [-0.2, -0.15) is 0 Å². The molecule has 0 aliphatic heterocycles. The predicted molar refractivity (Wildman–Crippen MR) is 126 cm³/mol. The van der Waals surface area contributed by atoms with Crippen molar-refractivity contribution < 1.29 is 14.2 Å². The van der Waals surface area contributed by atoms with E-state index >= 15 is 0 Å². The first kappa shape index (κ1) is 31.9. The van der Waals surface area contributed by atoms with Gasteiger partial charge >= 0.3 is 0 Å². The average Bonchev–Trinajstić information content (AvgIpc) is 2.68. The van der Waals surface area contributed by atoms with Crippen LogP contribution < -0.4 is 4.74 Å². The summed E-state index contributed by atoms with van der Waals surface area (Å²) in [6.45, 7) is 22.0. The maximum Gasteiger partial charge on any atom is 0.219 e. The molecule has 0 radical (unpaired) electrons. The van der Waals surface area contributed by atoms with Crippen LogP contribution in [0, 0.1) is 29.5 Å². The van der Waals surface area contributed by atoms with Crippen molar-refractivity contribution in [3.63, 3.8) is 0 Å². The average molecular weight is 420 g/mol. The van der Waals surface area contributed by atoms with E-state index < -0.39 is 11.9 Å². The SMILES string of the molecule is CC.CC(C)C(C)C.CCC(C)C(C)C.COc1ncc(F)cc1C(O)CP. The van der Waals surface area contributed by atoms with E-state index in [0.717, 1.165) is 29.9 Å². The lowest BCUT2D eigenvalue weighted by molar-refractivity contribution is 0.197. The smallest absolute Gasteiger partial charge is 0.219 e. The van der Waals surface area contributed by atoms with E-state index in [2.05, 4.69) is 69.6 Å². The van der Waals surface area contributed by atoms with Crippen molar-refractivity contribution in [3.8, 4) is 5.88 Å². The molecule has 3 unspecified atom stereocenters. The predicted octanol–water partition coefficient (Wildman–Crippen LogP) is 7.15. The van der Waals surface area contributed by atoms with E-state index in [0.29, 0.717) is 11.7 Å². The fourth-order valence-electron chi connectivity index (χ4n) is 1.45. The summed E-state index contributed by atoms with van der Waals surface area (Å²) >= 11 is 0. The normalized spacial score (nSPS) is 12.2. The van der Waals surface area contributed by atoms with Gasteiger partial charge in [0.05, 0.1) is 19.4 Å². The van der Waals surface area contributed by atoms with Crippen LogP contribution >= 0.6 is 9.24 Å². The third-order valence-electron chi connectivity index (χ3n) is 4.74. The van der Waals surface area contributed by atoms with E-state index in [4.69, 9.17) is 4.74 Å². The van der Waals surface area contributed by atoms with Crippen LogP contribution in [0.4, 0.5) is 4.39 Å². The highest BCUT2D eigenvalue weighted by Crippen LogP contribution is 2.24. The number of pyridine rings is 1. The molecule has 0 spiro atoms. The number of aliphatic hydroxyl groups is 1. The van der Waals surface area contributed by atoms with Crippen LogP contribution in [-0.4, -0.2) is 23.4 Å². The van der Waals surface area contributed by atoms with E-state index in [1.165, 1.54) is 19.6 Å². The molecular weight excluding hydrogens is 372 g/mol. The van der Waals surface area contributed by atoms with Crippen molar-refractivity contribution in [1.29, 1.82) is 0 Å². The zero-order chi connectivity index (χ0) is 22.9. The molecule has 5 heteroatoms. The molecule has 0 amide bonds. The number of hydrogen-bond donors (Lipinski definition) is 1. The topological polar surface area (TPSA) is 42.4 Å². The van der Waals surface area contributed by atoms with Crippen molar-refractivity contribution >= 4 is 9.24 Å². The summed E-state index contributed by atoms with van der Waals surface area (Å²) in [6.07, 6.45) is 2.03. The molecule has 0 saturated heterocycles. The second kappa shape index (κ2) is 19.6. The maximum absolute atomic E-state index is 12.7. The van der Waals surface area contributed by atoms with Gasteiger partial charge in [0.15, 0.2) is 0 Å². The van der Waals surface area contributed by atoms with Crippen LogP contribution in [0.15, 0.2) is 12.3 Å². The Bertz CT molecular complexity index is 462. The van der Waals surface area contributed by atoms with Crippen molar-refractivity contribution in [2.45, 2.75) is 81.8 Å². The minimum Gasteiger partial charge on any atom is -0.481 e. The maximum atomic E-state index is 12.7. The van der Waals surface area contributed by atoms with Gasteiger partial charge in [-0.05, 0) is 35.9 Å². The third-order valence-corrected chi connectivity index (χ3v) is 5.18. The fraction of sp³-hybridized carbons (Fsp3) is 0.783. The van der Waals surface area contributed by atoms with Gasteiger partial charge in [0, 0.05) is 5.56 Å². The molecule has 1 rings (SSSR count). The van der Waals surface area contributed by atoms with E-state index in [1.54, 1.807) is 0 Å². The number of halogens is 1. The first-order chi connectivity index (χ1) is 13.0. The van der Waals surface area contributed by atoms with Crippen LogP contribution in [0.3, 0.4) is 0 Å². The van der Waals surface area contributed by atoms with Crippen LogP contribution in [0.5, 0.6) is 5.88 Å². The highest BCUT2D eigenvalue weighted by atomic mass is 31.0. The summed E-state index contributed by atoms with van der Waals surface area (Å²) < 4.78 is 17.6. The zero-order valence-corrected chi connectivity index (χ0v) is 21.4. The largest absolute Gasteiger partial charge is 0.481 e. The Morgan fingerprint density at radius 2 is 1.50 bits per heavy atom. The highest BCUT2D eigenvalue weighted by molar-refractivity contribution is 7.16. The Labute approximate surface area is 177 Å². The first-order valence-electron chi connectivity index (χ1n) is 10.6. The van der Waals surface area contributed by atoms with Gasteiger partial charge in [0.1, 0.15) is 5.82 Å². The number of ether oxygens (including phenoxy) is 1. The molecule has 1 heterocycles. The van der Waals surface area contributed by atoms with Crippen molar-refractivity contribution in [2.75, 3.05) is 13.3 Å².